The van der Waals surface area contributed by atoms with E-state index in [9.17, 15) is 13.2 Å². The van der Waals surface area contributed by atoms with E-state index < -0.39 is 10.0 Å². The first-order valence-electron chi connectivity index (χ1n) is 10.7. The lowest BCUT2D eigenvalue weighted by Gasteiger charge is -2.32. The molecule has 1 N–H and O–H groups in total. The molecule has 2 atom stereocenters. The molecular weight excluding hydrogens is 402 g/mol. The van der Waals surface area contributed by atoms with Gasteiger partial charge in [0.1, 0.15) is 10.6 Å². The molecule has 0 radical (unpaired) electrons. The second-order valence-electron chi connectivity index (χ2n) is 8.39. The number of carbonyl (C=O) groups is 1. The SMILES string of the molecule is Cc1noc(C)c1S(=O)(=O)N1CCCC(C(=O)NCC2CCCc3ccccc32)C1. The Morgan fingerprint density at radius 1 is 1.23 bits per heavy atom. The Balaban J connectivity index is 1.41. The van der Waals surface area contributed by atoms with Gasteiger partial charge in [-0.2, -0.15) is 4.31 Å². The Bertz CT molecular complexity index is 1010. The van der Waals surface area contributed by atoms with Gasteiger partial charge in [0.2, 0.25) is 15.9 Å². The minimum atomic E-state index is -3.72. The van der Waals surface area contributed by atoms with Crippen molar-refractivity contribution in [3.05, 3.63) is 46.8 Å². The third-order valence-corrected chi connectivity index (χ3v) is 8.45. The molecule has 8 heteroatoms. The van der Waals surface area contributed by atoms with Crippen molar-refractivity contribution in [2.75, 3.05) is 19.6 Å². The van der Waals surface area contributed by atoms with Gasteiger partial charge in [-0.3, -0.25) is 4.79 Å². The van der Waals surface area contributed by atoms with E-state index in [2.05, 4.69) is 34.7 Å². The standard InChI is InChI=1S/C22H29N3O4S/c1-15-21(16(2)29-24-15)30(27,28)25-12-6-10-19(14-25)22(26)23-13-18-9-5-8-17-7-3-4-11-20(17)18/h3-4,7,11,18-19H,5-6,8-10,12-14H2,1-2H3,(H,23,26). The van der Waals surface area contributed by atoms with Crippen LogP contribution in [0.2, 0.25) is 0 Å². The van der Waals surface area contributed by atoms with E-state index in [-0.39, 0.29) is 29.0 Å². The minimum absolute atomic E-state index is 0.0586. The summed E-state index contributed by atoms with van der Waals surface area (Å²) in [6.45, 7) is 4.43. The van der Waals surface area contributed by atoms with Crippen LogP contribution in [0.15, 0.2) is 33.7 Å². The molecule has 2 aromatic rings. The lowest BCUT2D eigenvalue weighted by Crippen LogP contribution is -2.46. The average Bonchev–Trinajstić information content (AvgIpc) is 3.10. The summed E-state index contributed by atoms with van der Waals surface area (Å²) in [5.41, 5.74) is 3.06. The number of hydrogen-bond donors (Lipinski definition) is 1. The summed E-state index contributed by atoms with van der Waals surface area (Å²) in [7, 11) is -3.72. The van der Waals surface area contributed by atoms with Crippen LogP contribution in [0.4, 0.5) is 0 Å². The van der Waals surface area contributed by atoms with Crippen LogP contribution in [0.1, 0.15) is 54.2 Å². The number of rotatable bonds is 5. The van der Waals surface area contributed by atoms with Crippen molar-refractivity contribution in [2.45, 2.75) is 56.8 Å². The zero-order valence-corrected chi connectivity index (χ0v) is 18.4. The van der Waals surface area contributed by atoms with Crippen molar-refractivity contribution in [1.29, 1.82) is 0 Å². The number of carbonyl (C=O) groups excluding carboxylic acids is 1. The fourth-order valence-electron chi connectivity index (χ4n) is 4.78. The average molecular weight is 432 g/mol. The van der Waals surface area contributed by atoms with Crippen LogP contribution >= 0.6 is 0 Å². The number of piperidine rings is 1. The van der Waals surface area contributed by atoms with E-state index >= 15 is 0 Å². The quantitative estimate of drug-likeness (QED) is 0.786. The van der Waals surface area contributed by atoms with Crippen molar-refractivity contribution in [3.63, 3.8) is 0 Å². The van der Waals surface area contributed by atoms with Crippen LogP contribution < -0.4 is 5.32 Å². The zero-order valence-electron chi connectivity index (χ0n) is 17.6. The first kappa shape index (κ1) is 21.1. The van der Waals surface area contributed by atoms with Crippen molar-refractivity contribution in [1.82, 2.24) is 14.8 Å². The second-order valence-corrected chi connectivity index (χ2v) is 10.3. The molecule has 7 nitrogen and oxygen atoms in total. The summed E-state index contributed by atoms with van der Waals surface area (Å²) in [6, 6.07) is 8.44. The molecule has 0 saturated carbocycles. The lowest BCUT2D eigenvalue weighted by molar-refractivity contribution is -0.126. The third kappa shape index (κ3) is 4.03. The van der Waals surface area contributed by atoms with Gasteiger partial charge in [0.05, 0.1) is 5.92 Å². The fraction of sp³-hybridized carbons (Fsp3) is 0.545. The van der Waals surface area contributed by atoms with Crippen molar-refractivity contribution in [3.8, 4) is 0 Å². The van der Waals surface area contributed by atoms with Crippen molar-refractivity contribution in [2.24, 2.45) is 5.92 Å². The number of nitrogens with one attached hydrogen (secondary N) is 1. The van der Waals surface area contributed by atoms with Gasteiger partial charge in [0.15, 0.2) is 5.76 Å². The Morgan fingerprint density at radius 3 is 2.80 bits per heavy atom. The molecule has 30 heavy (non-hydrogen) atoms. The summed E-state index contributed by atoms with van der Waals surface area (Å²) in [4.78, 5) is 13.0. The molecule has 1 saturated heterocycles. The summed E-state index contributed by atoms with van der Waals surface area (Å²) in [5, 5.41) is 6.87. The highest BCUT2D eigenvalue weighted by Crippen LogP contribution is 2.31. The maximum absolute atomic E-state index is 13.1. The number of nitrogens with zero attached hydrogens (tertiary/aromatic N) is 2. The lowest BCUT2D eigenvalue weighted by atomic mass is 9.83. The Hall–Kier alpha value is -2.19. The number of sulfonamides is 1. The maximum atomic E-state index is 13.1. The molecule has 162 valence electrons. The summed E-state index contributed by atoms with van der Waals surface area (Å²) in [6.07, 6.45) is 4.64. The predicted molar refractivity (Wildman–Crippen MR) is 113 cm³/mol. The number of hydrogen-bond acceptors (Lipinski definition) is 5. The van der Waals surface area contributed by atoms with E-state index in [1.54, 1.807) is 13.8 Å². The summed E-state index contributed by atoms with van der Waals surface area (Å²) < 4.78 is 32.6. The maximum Gasteiger partial charge on any atom is 0.248 e. The van der Waals surface area contributed by atoms with Crippen LogP contribution in [0.3, 0.4) is 0 Å². The Labute approximate surface area is 177 Å². The molecule has 2 unspecified atom stereocenters. The van der Waals surface area contributed by atoms with Crippen LogP contribution in [0, 0.1) is 19.8 Å². The van der Waals surface area contributed by atoms with Crippen molar-refractivity contribution >= 4 is 15.9 Å². The zero-order chi connectivity index (χ0) is 21.3. The monoisotopic (exact) mass is 431 g/mol. The minimum Gasteiger partial charge on any atom is -0.360 e. The highest BCUT2D eigenvalue weighted by atomic mass is 32.2. The fourth-order valence-corrected chi connectivity index (χ4v) is 6.60. The summed E-state index contributed by atoms with van der Waals surface area (Å²) in [5.74, 6) is 0.212. The van der Waals surface area contributed by atoms with E-state index in [0.717, 1.165) is 19.3 Å². The van der Waals surface area contributed by atoms with E-state index in [4.69, 9.17) is 4.52 Å². The van der Waals surface area contributed by atoms with Gasteiger partial charge in [-0.1, -0.05) is 29.4 Å². The number of aromatic nitrogens is 1. The molecule has 1 aliphatic heterocycles. The van der Waals surface area contributed by atoms with E-state index in [0.29, 0.717) is 37.5 Å². The molecule has 0 bridgehead atoms. The molecule has 2 heterocycles. The van der Waals surface area contributed by atoms with E-state index in [1.165, 1.54) is 15.4 Å². The van der Waals surface area contributed by atoms with Gasteiger partial charge in [-0.05, 0) is 57.1 Å². The highest BCUT2D eigenvalue weighted by molar-refractivity contribution is 7.89. The van der Waals surface area contributed by atoms with Gasteiger partial charge in [-0.15, -0.1) is 0 Å². The smallest absolute Gasteiger partial charge is 0.248 e. The first-order valence-corrected chi connectivity index (χ1v) is 12.1. The number of benzene rings is 1. The molecular formula is C22H29N3O4S. The molecule has 4 rings (SSSR count). The number of aryl methyl sites for hydroxylation is 3. The van der Waals surface area contributed by atoms with Gasteiger partial charge in [-0.25, -0.2) is 8.42 Å². The molecule has 1 fully saturated rings. The molecule has 1 aromatic carbocycles. The third-order valence-electron chi connectivity index (χ3n) is 6.34. The van der Waals surface area contributed by atoms with Crippen molar-refractivity contribution < 1.29 is 17.7 Å². The molecule has 0 spiro atoms. The molecule has 1 aromatic heterocycles. The Morgan fingerprint density at radius 2 is 2.03 bits per heavy atom. The number of amides is 1. The van der Waals surface area contributed by atoms with Gasteiger partial charge >= 0.3 is 0 Å². The van der Waals surface area contributed by atoms with Crippen LogP contribution in [0.25, 0.3) is 0 Å². The highest BCUT2D eigenvalue weighted by Gasteiger charge is 2.36. The molecule has 1 aliphatic carbocycles. The van der Waals surface area contributed by atoms with E-state index in [1.807, 2.05) is 0 Å². The van der Waals surface area contributed by atoms with Crippen LogP contribution in [0.5, 0.6) is 0 Å². The topological polar surface area (TPSA) is 92.5 Å². The second kappa shape index (κ2) is 8.51. The normalized spacial score (nSPS) is 22.5. The molecule has 1 amide bonds. The largest absolute Gasteiger partial charge is 0.360 e. The number of fused-ring (bicyclic) bond motifs is 1. The van der Waals surface area contributed by atoms with Gasteiger partial charge in [0.25, 0.3) is 0 Å². The Kier molecular flexibility index (Phi) is 5.97. The van der Waals surface area contributed by atoms with Gasteiger partial charge in [0, 0.05) is 25.6 Å². The van der Waals surface area contributed by atoms with Gasteiger partial charge < -0.3 is 9.84 Å². The first-order chi connectivity index (χ1) is 14.4. The summed E-state index contributed by atoms with van der Waals surface area (Å²) >= 11 is 0. The molecule has 2 aliphatic rings. The van der Waals surface area contributed by atoms with Crippen LogP contribution in [-0.2, 0) is 21.2 Å². The van der Waals surface area contributed by atoms with Crippen LogP contribution in [-0.4, -0.2) is 43.4 Å². The predicted octanol–water partition coefficient (Wildman–Crippen LogP) is 2.93.